The Morgan fingerprint density at radius 1 is 0.250 bits per heavy atom. The average molecular weight is 611 g/mol. The lowest BCUT2D eigenvalue weighted by Gasteiger charge is -2.12. The molecule has 10 rings (SSSR count). The van der Waals surface area contributed by atoms with Crippen LogP contribution in [0.5, 0.6) is 0 Å². The van der Waals surface area contributed by atoms with Crippen LogP contribution in [0.15, 0.2) is 182 Å². The van der Waals surface area contributed by atoms with Crippen LogP contribution < -0.4 is 0 Å². The van der Waals surface area contributed by atoms with E-state index in [1.165, 1.54) is 82.3 Å². The lowest BCUT2D eigenvalue weighted by molar-refractivity contribution is 1.17. The maximum Gasteiger partial charge on any atom is 0.0562 e. The van der Waals surface area contributed by atoms with Gasteiger partial charge in [-0.3, -0.25) is 0 Å². The average Bonchev–Trinajstić information content (AvgIpc) is 3.66. The van der Waals surface area contributed by atoms with Gasteiger partial charge in [0.15, 0.2) is 0 Å². The summed E-state index contributed by atoms with van der Waals surface area (Å²) in [6.45, 7) is 0. The minimum absolute atomic E-state index is 1.15. The van der Waals surface area contributed by atoms with Crippen molar-refractivity contribution in [2.75, 3.05) is 0 Å². The Labute approximate surface area is 278 Å². The Bertz CT molecular complexity index is 2800. The van der Waals surface area contributed by atoms with Crippen molar-refractivity contribution in [2.45, 2.75) is 0 Å². The second-order valence-corrected chi connectivity index (χ2v) is 12.6. The molecule has 8 aromatic carbocycles. The number of aromatic nitrogens is 2. The fourth-order valence-corrected chi connectivity index (χ4v) is 7.59. The first-order valence-corrected chi connectivity index (χ1v) is 16.5. The minimum atomic E-state index is 1.15. The van der Waals surface area contributed by atoms with Crippen LogP contribution in [0, 0.1) is 0 Å². The van der Waals surface area contributed by atoms with Crippen molar-refractivity contribution < 1.29 is 0 Å². The van der Waals surface area contributed by atoms with Gasteiger partial charge in [-0.05, 0) is 81.6 Å². The monoisotopic (exact) mass is 610 g/mol. The van der Waals surface area contributed by atoms with Crippen LogP contribution >= 0.6 is 0 Å². The molecule has 0 N–H and O–H groups in total. The second kappa shape index (κ2) is 10.6. The van der Waals surface area contributed by atoms with Gasteiger partial charge in [0, 0.05) is 32.9 Å². The van der Waals surface area contributed by atoms with Crippen LogP contribution in [0.3, 0.4) is 0 Å². The van der Waals surface area contributed by atoms with Gasteiger partial charge in [-0.25, -0.2) is 0 Å². The Morgan fingerprint density at radius 3 is 1.33 bits per heavy atom. The summed E-state index contributed by atoms with van der Waals surface area (Å²) in [7, 11) is 0. The Morgan fingerprint density at radius 2 is 0.708 bits per heavy atom. The van der Waals surface area contributed by atoms with Crippen molar-refractivity contribution in [2.24, 2.45) is 0 Å². The zero-order valence-electron chi connectivity index (χ0n) is 26.2. The minimum Gasteiger partial charge on any atom is -0.309 e. The van der Waals surface area contributed by atoms with E-state index >= 15 is 0 Å². The van der Waals surface area contributed by atoms with Gasteiger partial charge in [0.25, 0.3) is 0 Å². The summed E-state index contributed by atoms with van der Waals surface area (Å²) in [6.07, 6.45) is 0. The highest BCUT2D eigenvalue weighted by molar-refractivity contribution is 6.19. The molecule has 0 atom stereocenters. The molecule has 0 aliphatic heterocycles. The van der Waals surface area contributed by atoms with Crippen LogP contribution in [-0.4, -0.2) is 9.13 Å². The van der Waals surface area contributed by atoms with E-state index in [-0.39, 0.29) is 0 Å². The highest BCUT2D eigenvalue weighted by Gasteiger charge is 2.18. The standard InChI is InChI=1S/C46H30N2/c1-2-10-31(11-3-1)33-18-20-34(21-19-33)35-22-25-37(26-23-35)47-43-16-8-6-14-39(43)41-29-42-40-15-7-9-17-44(40)48(46(42)30-45(41)47)38-27-24-32-12-4-5-13-36(32)28-38/h1-30H. The largest absolute Gasteiger partial charge is 0.309 e. The zero-order valence-corrected chi connectivity index (χ0v) is 26.2. The first kappa shape index (κ1) is 26.8. The molecule has 0 aliphatic carbocycles. The summed E-state index contributed by atoms with van der Waals surface area (Å²) in [5.41, 5.74) is 12.0. The molecule has 224 valence electrons. The molecule has 2 heteroatoms. The van der Waals surface area contributed by atoms with Gasteiger partial charge in [0.1, 0.15) is 0 Å². The van der Waals surface area contributed by atoms with Crippen LogP contribution in [0.2, 0.25) is 0 Å². The van der Waals surface area contributed by atoms with Crippen LogP contribution in [0.4, 0.5) is 0 Å². The summed E-state index contributed by atoms with van der Waals surface area (Å²) in [4.78, 5) is 0. The van der Waals surface area contributed by atoms with E-state index < -0.39 is 0 Å². The SMILES string of the molecule is c1ccc(-c2ccc(-c3ccc(-n4c5ccccc5c5cc6c7ccccc7n(-c7ccc8ccccc8c7)c6cc54)cc3)cc2)cc1. The van der Waals surface area contributed by atoms with Crippen molar-refractivity contribution in [3.05, 3.63) is 182 Å². The Kier molecular flexibility index (Phi) is 5.91. The van der Waals surface area contributed by atoms with Crippen LogP contribution in [0.25, 0.3) is 88.0 Å². The molecule has 0 aliphatic rings. The van der Waals surface area contributed by atoms with Gasteiger partial charge in [0.2, 0.25) is 0 Å². The fourth-order valence-electron chi connectivity index (χ4n) is 7.59. The molecule has 2 heterocycles. The van der Waals surface area contributed by atoms with Crippen molar-refractivity contribution in [1.29, 1.82) is 0 Å². The predicted molar refractivity (Wildman–Crippen MR) is 203 cm³/mol. The number of hydrogen-bond donors (Lipinski definition) is 0. The van der Waals surface area contributed by atoms with Gasteiger partial charge >= 0.3 is 0 Å². The predicted octanol–water partition coefficient (Wildman–Crippen LogP) is 12.4. The molecular weight excluding hydrogens is 581 g/mol. The van der Waals surface area contributed by atoms with E-state index in [1.54, 1.807) is 0 Å². The summed E-state index contributed by atoms with van der Waals surface area (Å²) < 4.78 is 4.86. The van der Waals surface area contributed by atoms with Gasteiger partial charge in [-0.15, -0.1) is 0 Å². The summed E-state index contributed by atoms with van der Waals surface area (Å²) in [5.74, 6) is 0. The lowest BCUT2D eigenvalue weighted by Crippen LogP contribution is -1.96. The Hall–Kier alpha value is -6.38. The van der Waals surface area contributed by atoms with E-state index in [0.717, 1.165) is 5.69 Å². The van der Waals surface area contributed by atoms with Gasteiger partial charge < -0.3 is 9.13 Å². The quantitative estimate of drug-likeness (QED) is 0.188. The van der Waals surface area contributed by atoms with Gasteiger partial charge in [-0.2, -0.15) is 0 Å². The molecule has 0 amide bonds. The first-order chi connectivity index (χ1) is 23.8. The molecule has 48 heavy (non-hydrogen) atoms. The lowest BCUT2D eigenvalue weighted by atomic mass is 10.0. The van der Waals surface area contributed by atoms with Crippen molar-refractivity contribution >= 4 is 54.4 Å². The van der Waals surface area contributed by atoms with E-state index in [9.17, 15) is 0 Å². The number of para-hydroxylation sites is 2. The van der Waals surface area contributed by atoms with Gasteiger partial charge in [-0.1, -0.05) is 133 Å². The van der Waals surface area contributed by atoms with Crippen molar-refractivity contribution in [1.82, 2.24) is 9.13 Å². The molecule has 0 saturated carbocycles. The van der Waals surface area contributed by atoms with E-state index in [2.05, 4.69) is 191 Å². The van der Waals surface area contributed by atoms with E-state index in [0.29, 0.717) is 0 Å². The summed E-state index contributed by atoms with van der Waals surface area (Å²) >= 11 is 0. The third-order valence-corrected chi connectivity index (χ3v) is 9.91. The summed E-state index contributed by atoms with van der Waals surface area (Å²) in [6, 6.07) is 66.2. The smallest absolute Gasteiger partial charge is 0.0562 e. The van der Waals surface area contributed by atoms with Crippen LogP contribution in [-0.2, 0) is 0 Å². The number of rotatable bonds is 4. The highest BCUT2D eigenvalue weighted by Crippen LogP contribution is 2.40. The van der Waals surface area contributed by atoms with Crippen molar-refractivity contribution in [3.63, 3.8) is 0 Å². The fraction of sp³-hybridized carbons (Fsp3) is 0. The number of hydrogen-bond acceptors (Lipinski definition) is 0. The maximum absolute atomic E-state index is 2.43. The first-order valence-electron chi connectivity index (χ1n) is 16.5. The zero-order chi connectivity index (χ0) is 31.6. The number of benzene rings is 8. The number of fused-ring (bicyclic) bond motifs is 7. The molecule has 0 unspecified atom stereocenters. The second-order valence-electron chi connectivity index (χ2n) is 12.6. The molecule has 0 bridgehead atoms. The molecule has 2 nitrogen and oxygen atoms in total. The third kappa shape index (κ3) is 4.13. The topological polar surface area (TPSA) is 9.86 Å². The molecule has 0 radical (unpaired) electrons. The molecule has 0 saturated heterocycles. The highest BCUT2D eigenvalue weighted by atomic mass is 15.0. The summed E-state index contributed by atoms with van der Waals surface area (Å²) in [5, 5.41) is 7.55. The normalized spacial score (nSPS) is 11.8. The molecule has 0 spiro atoms. The molecular formula is C46H30N2. The molecule has 0 fully saturated rings. The van der Waals surface area contributed by atoms with Crippen molar-refractivity contribution in [3.8, 4) is 33.6 Å². The van der Waals surface area contributed by atoms with E-state index in [4.69, 9.17) is 0 Å². The number of nitrogens with zero attached hydrogens (tertiary/aromatic N) is 2. The maximum atomic E-state index is 2.43. The van der Waals surface area contributed by atoms with Crippen LogP contribution in [0.1, 0.15) is 0 Å². The Balaban J connectivity index is 1.16. The van der Waals surface area contributed by atoms with E-state index in [1.807, 2.05) is 0 Å². The van der Waals surface area contributed by atoms with Gasteiger partial charge in [0.05, 0.1) is 22.1 Å². The molecule has 2 aromatic heterocycles. The third-order valence-electron chi connectivity index (χ3n) is 9.91. The molecule has 10 aromatic rings.